The molecule has 0 amide bonds. The third-order valence-electron chi connectivity index (χ3n) is 6.56. The molecule has 1 aliphatic heterocycles. The molecule has 2 aliphatic rings. The SMILES string of the molecule is CCC(C)(C)C(=O)OC1C(F)(F)C(O)(C(F)(F)F)OC(C2CCCCC2)(C(F)(F)F)C1(F)F. The predicted molar refractivity (Wildman–Crippen MR) is 91.3 cm³/mol. The van der Waals surface area contributed by atoms with Gasteiger partial charge in [-0.1, -0.05) is 26.2 Å². The molecular formula is C19H24F10O4. The summed E-state index contributed by atoms with van der Waals surface area (Å²) in [6, 6.07) is 0. The van der Waals surface area contributed by atoms with Crippen LogP contribution in [0.3, 0.4) is 0 Å². The fraction of sp³-hybridized carbons (Fsp3) is 0.947. The minimum Gasteiger partial charge on any atom is -0.449 e. The number of esters is 1. The number of rotatable bonds is 4. The van der Waals surface area contributed by atoms with Crippen LogP contribution >= 0.6 is 0 Å². The Kier molecular flexibility index (Phi) is 6.88. The lowest BCUT2D eigenvalue weighted by Gasteiger charge is -2.58. The van der Waals surface area contributed by atoms with Crippen molar-refractivity contribution in [3.05, 3.63) is 0 Å². The molecule has 1 saturated carbocycles. The highest BCUT2D eigenvalue weighted by Gasteiger charge is 2.92. The van der Waals surface area contributed by atoms with Crippen molar-refractivity contribution in [2.45, 2.75) is 101 Å². The number of hydrogen-bond acceptors (Lipinski definition) is 4. The third kappa shape index (κ3) is 3.98. The highest BCUT2D eigenvalue weighted by Crippen LogP contribution is 2.65. The van der Waals surface area contributed by atoms with E-state index in [9.17, 15) is 45.0 Å². The van der Waals surface area contributed by atoms with Gasteiger partial charge in [-0.2, -0.15) is 43.9 Å². The molecule has 0 aromatic heterocycles. The molecule has 2 rings (SSSR count). The summed E-state index contributed by atoms with van der Waals surface area (Å²) in [5.41, 5.74) is -7.01. The monoisotopic (exact) mass is 506 g/mol. The van der Waals surface area contributed by atoms with Gasteiger partial charge in [0.15, 0.2) is 0 Å². The Bertz CT molecular complexity index is 742. The van der Waals surface area contributed by atoms with Gasteiger partial charge in [0, 0.05) is 5.92 Å². The Labute approximate surface area is 182 Å². The van der Waals surface area contributed by atoms with E-state index in [1.165, 1.54) is 6.92 Å². The van der Waals surface area contributed by atoms with Crippen LogP contribution in [0.25, 0.3) is 0 Å². The van der Waals surface area contributed by atoms with Crippen LogP contribution in [0.4, 0.5) is 43.9 Å². The van der Waals surface area contributed by atoms with Gasteiger partial charge in [0.2, 0.25) is 11.7 Å². The molecule has 0 bridgehead atoms. The fourth-order valence-electron chi connectivity index (χ4n) is 4.12. The summed E-state index contributed by atoms with van der Waals surface area (Å²) in [5, 5.41) is 9.82. The second kappa shape index (κ2) is 8.13. The van der Waals surface area contributed by atoms with Crippen molar-refractivity contribution in [3.63, 3.8) is 0 Å². The summed E-state index contributed by atoms with van der Waals surface area (Å²) in [4.78, 5) is 12.3. The van der Waals surface area contributed by atoms with Crippen LogP contribution < -0.4 is 0 Å². The molecule has 0 spiro atoms. The Morgan fingerprint density at radius 3 is 1.82 bits per heavy atom. The van der Waals surface area contributed by atoms with Gasteiger partial charge in [0.25, 0.3) is 0 Å². The van der Waals surface area contributed by atoms with Gasteiger partial charge in [-0.25, -0.2) is 0 Å². The normalized spacial score (nSPS) is 33.6. The number of carbonyl (C=O) groups excluding carboxylic acids is 1. The van der Waals surface area contributed by atoms with Gasteiger partial charge in [0.1, 0.15) is 0 Å². The Hall–Kier alpha value is -1.31. The van der Waals surface area contributed by atoms with E-state index >= 15 is 8.78 Å². The highest BCUT2D eigenvalue weighted by atomic mass is 19.4. The molecule has 0 aromatic carbocycles. The maximum atomic E-state index is 15.5. The Balaban J connectivity index is 2.85. The van der Waals surface area contributed by atoms with E-state index < -0.39 is 71.8 Å². The number of carbonyl (C=O) groups is 1. The lowest BCUT2D eigenvalue weighted by atomic mass is 9.68. The highest BCUT2D eigenvalue weighted by molar-refractivity contribution is 5.76. The third-order valence-corrected chi connectivity index (χ3v) is 6.56. The molecule has 3 atom stereocenters. The average Bonchev–Trinajstić information content (AvgIpc) is 2.66. The molecule has 2 fully saturated rings. The number of halogens is 10. The first-order valence-corrected chi connectivity index (χ1v) is 10.2. The van der Waals surface area contributed by atoms with Gasteiger partial charge in [0.05, 0.1) is 5.41 Å². The molecule has 1 heterocycles. The van der Waals surface area contributed by atoms with Crippen LogP contribution in [-0.4, -0.2) is 52.8 Å². The lowest BCUT2D eigenvalue weighted by Crippen LogP contribution is -2.84. The van der Waals surface area contributed by atoms with Crippen molar-refractivity contribution in [2.24, 2.45) is 11.3 Å². The van der Waals surface area contributed by atoms with Crippen LogP contribution in [0.1, 0.15) is 59.3 Å². The van der Waals surface area contributed by atoms with E-state index in [2.05, 4.69) is 9.47 Å². The maximum Gasteiger partial charge on any atom is 0.449 e. The van der Waals surface area contributed by atoms with Gasteiger partial charge < -0.3 is 14.6 Å². The zero-order valence-corrected chi connectivity index (χ0v) is 17.8. The van der Waals surface area contributed by atoms with Crippen molar-refractivity contribution < 1.29 is 63.3 Å². The molecule has 3 unspecified atom stereocenters. The average molecular weight is 506 g/mol. The summed E-state index contributed by atoms with van der Waals surface area (Å²) >= 11 is 0. The van der Waals surface area contributed by atoms with E-state index in [0.29, 0.717) is 0 Å². The molecular weight excluding hydrogens is 482 g/mol. The van der Waals surface area contributed by atoms with Crippen molar-refractivity contribution in [2.75, 3.05) is 0 Å². The minimum absolute atomic E-state index is 0.129. The summed E-state index contributed by atoms with van der Waals surface area (Å²) in [6.07, 6.45) is -19.4. The fourth-order valence-corrected chi connectivity index (χ4v) is 4.12. The molecule has 1 saturated heterocycles. The second-order valence-corrected chi connectivity index (χ2v) is 9.08. The zero-order chi connectivity index (χ0) is 25.9. The molecule has 0 aromatic rings. The summed E-state index contributed by atoms with van der Waals surface area (Å²) in [7, 11) is 0. The van der Waals surface area contributed by atoms with Crippen molar-refractivity contribution >= 4 is 5.97 Å². The molecule has 1 N–H and O–H groups in total. The summed E-state index contributed by atoms with van der Waals surface area (Å²) < 4.78 is 151. The number of aliphatic hydroxyl groups is 1. The quantitative estimate of drug-likeness (QED) is 0.389. The Morgan fingerprint density at radius 2 is 1.42 bits per heavy atom. The minimum atomic E-state index is -6.66. The van der Waals surface area contributed by atoms with Crippen LogP contribution in [0.2, 0.25) is 0 Å². The number of hydrogen-bond donors (Lipinski definition) is 1. The Morgan fingerprint density at radius 1 is 0.939 bits per heavy atom. The first-order valence-electron chi connectivity index (χ1n) is 10.2. The maximum absolute atomic E-state index is 15.5. The lowest BCUT2D eigenvalue weighted by molar-refractivity contribution is -0.547. The van der Waals surface area contributed by atoms with E-state index in [4.69, 9.17) is 0 Å². The van der Waals surface area contributed by atoms with Gasteiger partial charge in [-0.3, -0.25) is 4.79 Å². The first-order chi connectivity index (χ1) is 14.6. The van der Waals surface area contributed by atoms with Crippen LogP contribution in [0.5, 0.6) is 0 Å². The zero-order valence-electron chi connectivity index (χ0n) is 17.8. The molecule has 194 valence electrons. The largest absolute Gasteiger partial charge is 0.449 e. The molecule has 4 nitrogen and oxygen atoms in total. The number of alkyl halides is 10. The van der Waals surface area contributed by atoms with E-state index in [0.717, 1.165) is 13.8 Å². The topological polar surface area (TPSA) is 55.8 Å². The second-order valence-electron chi connectivity index (χ2n) is 9.08. The van der Waals surface area contributed by atoms with Crippen molar-refractivity contribution in [3.8, 4) is 0 Å². The summed E-state index contributed by atoms with van der Waals surface area (Å²) in [6.45, 7) is 3.31. The van der Waals surface area contributed by atoms with E-state index in [1.54, 1.807) is 0 Å². The predicted octanol–water partition coefficient (Wildman–Crippen LogP) is 5.77. The van der Waals surface area contributed by atoms with Crippen LogP contribution in [0, 0.1) is 11.3 Å². The van der Waals surface area contributed by atoms with E-state index in [1.807, 2.05) is 0 Å². The molecule has 14 heteroatoms. The van der Waals surface area contributed by atoms with Crippen molar-refractivity contribution in [1.29, 1.82) is 0 Å². The van der Waals surface area contributed by atoms with Gasteiger partial charge in [-0.15, -0.1) is 0 Å². The molecule has 0 radical (unpaired) electrons. The van der Waals surface area contributed by atoms with E-state index in [-0.39, 0.29) is 25.7 Å². The van der Waals surface area contributed by atoms with Gasteiger partial charge >= 0.3 is 36.0 Å². The van der Waals surface area contributed by atoms with Crippen molar-refractivity contribution in [1.82, 2.24) is 0 Å². The smallest absolute Gasteiger partial charge is 0.449 e. The summed E-state index contributed by atoms with van der Waals surface area (Å²) in [5.74, 6) is -22.4. The molecule has 1 aliphatic carbocycles. The van der Waals surface area contributed by atoms with Gasteiger partial charge in [-0.05, 0) is 33.1 Å². The van der Waals surface area contributed by atoms with Crippen LogP contribution in [0.15, 0.2) is 0 Å². The van der Waals surface area contributed by atoms with Crippen LogP contribution in [-0.2, 0) is 14.3 Å². The number of ether oxygens (including phenoxy) is 2. The first kappa shape index (κ1) is 27.9. The standard InChI is InChI=1S/C19H24F10O4/c1-4-13(2,3)12(30)32-11-15(20,21)14(18(24,25)26,10-8-6-5-7-9-10)33-17(31,16(11,22)23)19(27,28)29/h10-11,31H,4-9H2,1-3H3. The molecule has 33 heavy (non-hydrogen) atoms.